The van der Waals surface area contributed by atoms with Crippen LogP contribution in [0.5, 0.6) is 0 Å². The summed E-state index contributed by atoms with van der Waals surface area (Å²) in [6.45, 7) is 1.90. The molecule has 148 valence electrons. The van der Waals surface area contributed by atoms with Crippen LogP contribution in [0.4, 0.5) is 0 Å². The Bertz CT molecular complexity index is 947. The summed E-state index contributed by atoms with van der Waals surface area (Å²) in [7, 11) is -3.87. The molecule has 0 aromatic heterocycles. The van der Waals surface area contributed by atoms with E-state index in [0.29, 0.717) is 5.56 Å². The summed E-state index contributed by atoms with van der Waals surface area (Å²) in [6.07, 6.45) is 0. The van der Waals surface area contributed by atoms with Gasteiger partial charge in [-0.1, -0.05) is 89.5 Å². The van der Waals surface area contributed by atoms with Crippen LogP contribution in [-0.4, -0.2) is 8.42 Å². The Morgan fingerprint density at radius 2 is 1.25 bits per heavy atom. The van der Waals surface area contributed by atoms with E-state index in [2.05, 4.69) is 4.72 Å². The first-order valence-electron chi connectivity index (χ1n) is 8.32. The van der Waals surface area contributed by atoms with Crippen LogP contribution in [0.1, 0.15) is 28.8 Å². The summed E-state index contributed by atoms with van der Waals surface area (Å²) >= 11 is 0. The molecular weight excluding hydrogens is 459 g/mol. The predicted octanol–water partition coefficient (Wildman–Crippen LogP) is 6.04. The summed E-state index contributed by atoms with van der Waals surface area (Å²) in [6, 6.07) is 23.3. The van der Waals surface area contributed by atoms with Gasteiger partial charge in [0.1, 0.15) is 10.0 Å². The van der Waals surface area contributed by atoms with Crippen LogP contribution in [0.3, 0.4) is 0 Å². The largest absolute Gasteiger partial charge is 3.00 e. The van der Waals surface area contributed by atoms with E-state index >= 15 is 0 Å². The summed E-state index contributed by atoms with van der Waals surface area (Å²) < 4.78 is 29.8. The minimum absolute atomic E-state index is 0. The molecule has 3 aromatic rings. The van der Waals surface area contributed by atoms with Crippen LogP contribution in [0.2, 0.25) is 0 Å². The fourth-order valence-corrected chi connectivity index (χ4v) is 3.87. The quantitative estimate of drug-likeness (QED) is 0.317. The van der Waals surface area contributed by atoms with Crippen molar-refractivity contribution in [3.05, 3.63) is 120 Å². The van der Waals surface area contributed by atoms with Crippen LogP contribution in [0.15, 0.2) is 89.8 Å². The van der Waals surface area contributed by atoms with E-state index in [-0.39, 0.29) is 31.8 Å². The van der Waals surface area contributed by atoms with Gasteiger partial charge in [0.05, 0.1) is 0 Å². The number of aryl methyl sites for hydroxylation is 1. The van der Waals surface area contributed by atoms with Gasteiger partial charge < -0.3 is 17.9 Å². The van der Waals surface area contributed by atoms with E-state index in [9.17, 15) is 8.42 Å². The topological polar surface area (TPSA) is 72.0 Å². The monoisotopic (exact) mass is 482 g/mol. The molecule has 0 aliphatic heterocycles. The number of hydrogen-bond donors (Lipinski definition) is 0. The normalized spacial score (nSPS) is 12.9. The molecule has 1 N–H and O–H groups in total. The smallest absolute Gasteiger partial charge is 0.672 e. The van der Waals surface area contributed by atoms with Gasteiger partial charge in [-0.25, -0.2) is 8.42 Å². The Balaban J connectivity index is 0.00000196. The zero-order valence-electron chi connectivity index (χ0n) is 15.7. The van der Waals surface area contributed by atoms with Crippen molar-refractivity contribution < 1.29 is 27.9 Å². The zero-order chi connectivity index (χ0) is 18.6. The maximum absolute atomic E-state index is 12.8. The molecule has 4 nitrogen and oxygen atoms in total. The Morgan fingerprint density at radius 3 is 1.75 bits per heavy atom. The van der Waals surface area contributed by atoms with E-state index in [1.807, 2.05) is 67.6 Å². The predicted molar refractivity (Wildman–Crippen MR) is 111 cm³/mol. The van der Waals surface area contributed by atoms with Crippen LogP contribution in [0.25, 0.3) is 10.5 Å². The number of nitrogens with one attached hydrogen (secondary N) is 1. The van der Waals surface area contributed by atoms with Crippen molar-refractivity contribution in [2.75, 3.05) is 0 Å². The molecule has 28 heavy (non-hydrogen) atoms. The molecule has 0 saturated carbocycles. The first-order valence-corrected chi connectivity index (χ1v) is 9.76. The van der Waals surface area contributed by atoms with E-state index in [1.54, 1.807) is 24.3 Å². The van der Waals surface area contributed by atoms with Gasteiger partial charge in [-0.3, -0.25) is 0 Å². The SMILES string of the molecule is Cc1ccc(S(=O)(=O)[N-][C@H](c2ccccc2)[C@H]([NH-])c2ccccc2)cc1.[CH3-].[Rh+3]. The third-order valence-corrected chi connectivity index (χ3v) is 5.56. The van der Waals surface area contributed by atoms with Gasteiger partial charge in [-0.2, -0.15) is 0 Å². The standard InChI is InChI=1S/C21H20N2O2S.CH3.Rh/c1-16-12-14-19(15-13-16)26(24,25)23-21(18-10-6-3-7-11-18)20(22)17-8-4-2-5-9-17;;/h2-15,20-22H,1H3;1H3;/q-2;-1;+3/t20-,21-;;/m1../s1. The molecule has 0 spiro atoms. The average molecular weight is 482 g/mol. The number of hydrogen-bond acceptors (Lipinski definition) is 2. The fraction of sp³-hybridized carbons (Fsp3) is 0.136. The van der Waals surface area contributed by atoms with E-state index in [4.69, 9.17) is 5.73 Å². The van der Waals surface area contributed by atoms with Crippen molar-refractivity contribution in [1.82, 2.24) is 0 Å². The molecular formula is C22H23N2O2RhS. The van der Waals surface area contributed by atoms with Gasteiger partial charge in [0.25, 0.3) is 0 Å². The van der Waals surface area contributed by atoms with Crippen molar-refractivity contribution >= 4 is 10.0 Å². The van der Waals surface area contributed by atoms with Gasteiger partial charge in [0, 0.05) is 4.90 Å². The molecule has 0 unspecified atom stereocenters. The number of nitrogens with zero attached hydrogens (tertiary/aromatic N) is 1. The molecule has 0 heterocycles. The number of rotatable bonds is 6. The van der Waals surface area contributed by atoms with E-state index < -0.39 is 22.1 Å². The molecule has 0 amide bonds. The number of benzene rings is 3. The molecule has 6 heteroatoms. The molecule has 2 atom stereocenters. The molecule has 0 fully saturated rings. The summed E-state index contributed by atoms with van der Waals surface area (Å²) in [5, 5.41) is 0. The van der Waals surface area contributed by atoms with Crippen molar-refractivity contribution in [2.24, 2.45) is 0 Å². The average Bonchev–Trinajstić information content (AvgIpc) is 2.67. The van der Waals surface area contributed by atoms with Gasteiger partial charge >= 0.3 is 19.5 Å². The first-order chi connectivity index (χ1) is 12.5. The Labute approximate surface area is 181 Å². The van der Waals surface area contributed by atoms with E-state index in [1.165, 1.54) is 0 Å². The van der Waals surface area contributed by atoms with Crippen LogP contribution in [-0.2, 0) is 29.5 Å². The molecule has 0 bridgehead atoms. The molecule has 3 rings (SSSR count). The second-order valence-corrected chi connectivity index (χ2v) is 7.77. The summed E-state index contributed by atoms with van der Waals surface area (Å²) in [5.41, 5.74) is 11.0. The second kappa shape index (κ2) is 10.6. The number of sulfonamides is 1. The van der Waals surface area contributed by atoms with Crippen LogP contribution >= 0.6 is 0 Å². The molecule has 0 aliphatic carbocycles. The van der Waals surface area contributed by atoms with Crippen LogP contribution in [0, 0.1) is 14.4 Å². The molecule has 0 radical (unpaired) electrons. The van der Waals surface area contributed by atoms with Crippen molar-refractivity contribution in [1.29, 1.82) is 0 Å². The van der Waals surface area contributed by atoms with Gasteiger partial charge in [-0.05, 0) is 19.1 Å². The Hall–Kier alpha value is -1.85. The van der Waals surface area contributed by atoms with Crippen LogP contribution < -0.4 is 0 Å². The van der Waals surface area contributed by atoms with Gasteiger partial charge in [0.2, 0.25) is 0 Å². The Kier molecular flexibility index (Phi) is 9.18. The minimum atomic E-state index is -3.87. The molecule has 3 aromatic carbocycles. The van der Waals surface area contributed by atoms with Crippen molar-refractivity contribution in [3.8, 4) is 0 Å². The fourth-order valence-electron chi connectivity index (χ4n) is 2.73. The maximum Gasteiger partial charge on any atom is 3.00 e. The third kappa shape index (κ3) is 5.82. The minimum Gasteiger partial charge on any atom is -0.672 e. The van der Waals surface area contributed by atoms with E-state index in [0.717, 1.165) is 11.1 Å². The second-order valence-electron chi connectivity index (χ2n) is 6.14. The molecule has 0 aliphatic rings. The summed E-state index contributed by atoms with van der Waals surface area (Å²) in [4.78, 5) is 0.143. The summed E-state index contributed by atoms with van der Waals surface area (Å²) in [5.74, 6) is 0. The zero-order valence-corrected chi connectivity index (χ0v) is 18.2. The van der Waals surface area contributed by atoms with Crippen molar-refractivity contribution in [2.45, 2.75) is 23.9 Å². The first kappa shape index (κ1) is 24.2. The molecule has 0 saturated heterocycles. The van der Waals surface area contributed by atoms with Crippen molar-refractivity contribution in [3.63, 3.8) is 0 Å². The Morgan fingerprint density at radius 1 is 0.786 bits per heavy atom. The third-order valence-electron chi connectivity index (χ3n) is 4.19. The van der Waals surface area contributed by atoms with Gasteiger partial charge in [-0.15, -0.1) is 12.1 Å². The maximum atomic E-state index is 12.8. The van der Waals surface area contributed by atoms with Gasteiger partial charge in [0.15, 0.2) is 0 Å².